The number of fused-ring (bicyclic) bond motifs is 1. The maximum atomic E-state index is 13.3. The van der Waals surface area contributed by atoms with Crippen molar-refractivity contribution in [3.8, 4) is 0 Å². The summed E-state index contributed by atoms with van der Waals surface area (Å²) in [6, 6.07) is 4.21. The first-order chi connectivity index (χ1) is 11.1. The van der Waals surface area contributed by atoms with Crippen LogP contribution in [-0.4, -0.2) is 47.3 Å². The van der Waals surface area contributed by atoms with Gasteiger partial charge in [0.15, 0.2) is 0 Å². The van der Waals surface area contributed by atoms with E-state index in [9.17, 15) is 9.18 Å². The zero-order valence-corrected chi connectivity index (χ0v) is 15.8. The SMILES string of the molecule is C[C@H]1OCCN[C@@H]1C(=O)NCCc1nc2ccc(F)cc2n1C.Cl.Cl. The molecule has 0 unspecified atom stereocenters. The number of hydrogen-bond acceptors (Lipinski definition) is 4. The minimum absolute atomic E-state index is 0. The van der Waals surface area contributed by atoms with Crippen LogP contribution in [0.3, 0.4) is 0 Å². The molecule has 6 nitrogen and oxygen atoms in total. The van der Waals surface area contributed by atoms with E-state index in [0.29, 0.717) is 26.1 Å². The van der Waals surface area contributed by atoms with Gasteiger partial charge in [-0.05, 0) is 25.1 Å². The Bertz CT molecular complexity index is 725. The molecular formula is C16H23Cl2FN4O2. The standard InChI is InChI=1S/C16H21FN4O2.2ClH/c1-10-15(18-7-8-23-10)16(22)19-6-5-14-20-12-4-3-11(17)9-13(12)21(14)2;;/h3-4,9-10,15,18H,5-8H2,1-2H3,(H,19,22);2*1H/t10-,15+;;/m1../s1. The van der Waals surface area contributed by atoms with E-state index in [-0.39, 0.29) is 48.7 Å². The highest BCUT2D eigenvalue weighted by atomic mass is 35.5. The molecule has 1 aliphatic rings. The lowest BCUT2D eigenvalue weighted by molar-refractivity contribution is -0.128. The number of rotatable bonds is 4. The highest BCUT2D eigenvalue weighted by Gasteiger charge is 2.27. The molecule has 2 N–H and O–H groups in total. The maximum absolute atomic E-state index is 13.3. The third-order valence-corrected chi connectivity index (χ3v) is 4.18. The van der Waals surface area contributed by atoms with E-state index >= 15 is 0 Å². The number of aromatic nitrogens is 2. The highest BCUT2D eigenvalue weighted by molar-refractivity contribution is 5.85. The minimum atomic E-state index is -0.321. The third-order valence-electron chi connectivity index (χ3n) is 4.18. The average Bonchev–Trinajstić information content (AvgIpc) is 2.84. The third kappa shape index (κ3) is 4.82. The lowest BCUT2D eigenvalue weighted by Crippen LogP contribution is -2.55. The molecule has 1 aliphatic heterocycles. The molecule has 9 heteroatoms. The van der Waals surface area contributed by atoms with Crippen molar-refractivity contribution in [1.82, 2.24) is 20.2 Å². The first-order valence-corrected chi connectivity index (χ1v) is 7.80. The number of hydrogen-bond donors (Lipinski definition) is 2. The largest absolute Gasteiger partial charge is 0.375 e. The number of aryl methyl sites for hydroxylation is 1. The summed E-state index contributed by atoms with van der Waals surface area (Å²) in [6.45, 7) is 3.67. The Hall–Kier alpha value is -1.41. The van der Waals surface area contributed by atoms with Crippen LogP contribution in [0.5, 0.6) is 0 Å². The van der Waals surface area contributed by atoms with E-state index < -0.39 is 0 Å². The molecule has 3 rings (SSSR count). The normalized spacial score (nSPS) is 19.8. The van der Waals surface area contributed by atoms with E-state index in [2.05, 4.69) is 15.6 Å². The predicted octanol–water partition coefficient (Wildman–Crippen LogP) is 1.59. The molecule has 25 heavy (non-hydrogen) atoms. The van der Waals surface area contributed by atoms with Gasteiger partial charge in [-0.1, -0.05) is 0 Å². The number of carbonyl (C=O) groups excluding carboxylic acids is 1. The Morgan fingerprint density at radius 3 is 2.96 bits per heavy atom. The molecule has 1 aromatic heterocycles. The van der Waals surface area contributed by atoms with Crippen LogP contribution in [0.15, 0.2) is 18.2 Å². The van der Waals surface area contributed by atoms with Crippen LogP contribution < -0.4 is 10.6 Å². The van der Waals surface area contributed by atoms with Gasteiger partial charge in [-0.2, -0.15) is 0 Å². The van der Waals surface area contributed by atoms with Crippen LogP contribution in [-0.2, 0) is 23.0 Å². The van der Waals surface area contributed by atoms with E-state index in [0.717, 1.165) is 16.9 Å². The lowest BCUT2D eigenvalue weighted by Gasteiger charge is -2.29. The molecule has 0 radical (unpaired) electrons. The zero-order chi connectivity index (χ0) is 16.4. The van der Waals surface area contributed by atoms with Crippen LogP contribution in [0.1, 0.15) is 12.7 Å². The summed E-state index contributed by atoms with van der Waals surface area (Å²) in [7, 11) is 1.85. The van der Waals surface area contributed by atoms with Gasteiger partial charge in [-0.15, -0.1) is 24.8 Å². The number of benzene rings is 1. The molecule has 1 saturated heterocycles. The van der Waals surface area contributed by atoms with Crippen molar-refractivity contribution in [2.45, 2.75) is 25.5 Å². The number of halogens is 3. The predicted molar refractivity (Wildman–Crippen MR) is 99.1 cm³/mol. The van der Waals surface area contributed by atoms with Gasteiger partial charge in [0.05, 0.1) is 23.7 Å². The summed E-state index contributed by atoms with van der Waals surface area (Å²) in [5, 5.41) is 6.06. The molecule has 0 bridgehead atoms. The number of carbonyl (C=O) groups is 1. The van der Waals surface area contributed by atoms with Crippen LogP contribution in [0.25, 0.3) is 11.0 Å². The monoisotopic (exact) mass is 392 g/mol. The quantitative estimate of drug-likeness (QED) is 0.828. The average molecular weight is 393 g/mol. The molecule has 2 aromatic rings. The highest BCUT2D eigenvalue weighted by Crippen LogP contribution is 2.16. The number of ether oxygens (including phenoxy) is 1. The molecule has 0 aliphatic carbocycles. The Morgan fingerprint density at radius 1 is 1.48 bits per heavy atom. The number of amides is 1. The van der Waals surface area contributed by atoms with Gasteiger partial charge in [-0.25, -0.2) is 9.37 Å². The van der Waals surface area contributed by atoms with Gasteiger partial charge >= 0.3 is 0 Å². The summed E-state index contributed by atoms with van der Waals surface area (Å²) in [5.41, 5.74) is 1.51. The number of nitrogens with one attached hydrogen (secondary N) is 2. The van der Waals surface area contributed by atoms with Crippen molar-refractivity contribution in [3.63, 3.8) is 0 Å². The van der Waals surface area contributed by atoms with Gasteiger partial charge in [0.1, 0.15) is 17.7 Å². The second kappa shape index (κ2) is 9.33. The number of nitrogens with zero attached hydrogens (tertiary/aromatic N) is 2. The van der Waals surface area contributed by atoms with E-state index in [4.69, 9.17) is 4.74 Å². The summed E-state index contributed by atoms with van der Waals surface area (Å²) < 4.78 is 20.6. The summed E-state index contributed by atoms with van der Waals surface area (Å²) in [6.07, 6.45) is 0.447. The summed E-state index contributed by atoms with van der Waals surface area (Å²) in [5.74, 6) is 0.464. The smallest absolute Gasteiger partial charge is 0.239 e. The van der Waals surface area contributed by atoms with Crippen molar-refractivity contribution in [3.05, 3.63) is 29.8 Å². The fraction of sp³-hybridized carbons (Fsp3) is 0.500. The van der Waals surface area contributed by atoms with Gasteiger partial charge in [-0.3, -0.25) is 4.79 Å². The van der Waals surface area contributed by atoms with Gasteiger partial charge < -0.3 is 19.9 Å². The Labute approximate surface area is 158 Å². The van der Waals surface area contributed by atoms with E-state index in [1.807, 2.05) is 18.5 Å². The molecule has 1 aromatic carbocycles. The maximum Gasteiger partial charge on any atom is 0.239 e. The zero-order valence-electron chi connectivity index (χ0n) is 14.1. The Balaban J connectivity index is 0.00000156. The fourth-order valence-corrected chi connectivity index (χ4v) is 2.87. The summed E-state index contributed by atoms with van der Waals surface area (Å²) in [4.78, 5) is 16.7. The summed E-state index contributed by atoms with van der Waals surface area (Å²) >= 11 is 0. The first kappa shape index (κ1) is 21.6. The van der Waals surface area contributed by atoms with Gasteiger partial charge in [0.25, 0.3) is 0 Å². The van der Waals surface area contributed by atoms with Crippen molar-refractivity contribution in [2.24, 2.45) is 7.05 Å². The molecule has 1 fully saturated rings. The topological polar surface area (TPSA) is 68.2 Å². The van der Waals surface area contributed by atoms with Crippen molar-refractivity contribution in [1.29, 1.82) is 0 Å². The van der Waals surface area contributed by atoms with Crippen LogP contribution in [0, 0.1) is 5.82 Å². The van der Waals surface area contributed by atoms with Crippen LogP contribution >= 0.6 is 24.8 Å². The fourth-order valence-electron chi connectivity index (χ4n) is 2.87. The molecule has 0 spiro atoms. The molecule has 0 saturated carbocycles. The number of imidazole rings is 1. The Kier molecular flexibility index (Phi) is 8.08. The van der Waals surface area contributed by atoms with Crippen LogP contribution in [0.4, 0.5) is 4.39 Å². The van der Waals surface area contributed by atoms with Gasteiger partial charge in [0.2, 0.25) is 5.91 Å². The van der Waals surface area contributed by atoms with E-state index in [1.54, 1.807) is 6.07 Å². The second-order valence-corrected chi connectivity index (χ2v) is 5.77. The Morgan fingerprint density at radius 2 is 2.24 bits per heavy atom. The van der Waals surface area contributed by atoms with Crippen molar-refractivity contribution >= 4 is 41.8 Å². The van der Waals surface area contributed by atoms with Gasteiger partial charge in [0, 0.05) is 26.6 Å². The van der Waals surface area contributed by atoms with Crippen molar-refractivity contribution < 1.29 is 13.9 Å². The molecular weight excluding hydrogens is 370 g/mol. The molecule has 2 atom stereocenters. The first-order valence-electron chi connectivity index (χ1n) is 7.80. The second-order valence-electron chi connectivity index (χ2n) is 5.77. The number of morpholine rings is 1. The minimum Gasteiger partial charge on any atom is -0.375 e. The van der Waals surface area contributed by atoms with Crippen LogP contribution in [0.2, 0.25) is 0 Å². The molecule has 2 heterocycles. The lowest BCUT2D eigenvalue weighted by atomic mass is 10.1. The molecule has 140 valence electrons. The van der Waals surface area contributed by atoms with Crippen molar-refractivity contribution in [2.75, 3.05) is 19.7 Å². The molecule has 1 amide bonds. The van der Waals surface area contributed by atoms with E-state index in [1.165, 1.54) is 12.1 Å².